The average Bonchev–Trinajstić information content (AvgIpc) is 2.83. The molecule has 0 aliphatic carbocycles. The van der Waals surface area contributed by atoms with Gasteiger partial charge in [-0.15, -0.1) is 0 Å². The topological polar surface area (TPSA) is 44.0 Å². The molecule has 3 rings (SSSR count). The first-order chi connectivity index (χ1) is 9.36. The normalized spacial score (nSPS) is 21.0. The highest BCUT2D eigenvalue weighted by Gasteiger charge is 2.20. The molecule has 0 aromatic carbocycles. The lowest BCUT2D eigenvalue weighted by atomic mass is 9.97. The van der Waals surface area contributed by atoms with E-state index in [2.05, 4.69) is 32.4 Å². The number of H-pyrrole nitrogens is 1. The molecule has 102 valence electrons. The number of aromatic nitrogens is 2. The van der Waals surface area contributed by atoms with Crippen LogP contribution in [0, 0.1) is 5.92 Å². The Morgan fingerprint density at radius 1 is 1.53 bits per heavy atom. The highest BCUT2D eigenvalue weighted by Crippen LogP contribution is 2.21. The second kappa shape index (κ2) is 5.72. The minimum atomic E-state index is 0.794. The molecule has 1 atom stereocenters. The van der Waals surface area contributed by atoms with Gasteiger partial charge in [-0.2, -0.15) is 0 Å². The zero-order chi connectivity index (χ0) is 13.1. The van der Waals surface area contributed by atoms with Gasteiger partial charge >= 0.3 is 0 Å². The molecular formula is C15H22N4. The molecule has 4 heteroatoms. The van der Waals surface area contributed by atoms with Gasteiger partial charge in [0.15, 0.2) is 0 Å². The maximum Gasteiger partial charge on any atom is 0.137 e. The smallest absolute Gasteiger partial charge is 0.137 e. The first-order valence-corrected chi connectivity index (χ1v) is 7.15. The summed E-state index contributed by atoms with van der Waals surface area (Å²) in [4.78, 5) is 10.2. The molecule has 3 heterocycles. The van der Waals surface area contributed by atoms with Crippen LogP contribution >= 0.6 is 0 Å². The standard InChI is InChI=1S/C15H22N4/c1-16-8-12-4-3-7-19(10-12)11-13-9-18-15-14(13)5-2-6-17-15/h2,5-6,9,12,16H,3-4,7-8,10-11H2,1H3,(H,17,18). The van der Waals surface area contributed by atoms with Crippen LogP contribution < -0.4 is 5.32 Å². The fourth-order valence-corrected chi connectivity index (χ4v) is 3.13. The van der Waals surface area contributed by atoms with E-state index in [4.69, 9.17) is 0 Å². The molecule has 2 aromatic heterocycles. The summed E-state index contributed by atoms with van der Waals surface area (Å²) in [6.07, 6.45) is 6.62. The maximum absolute atomic E-state index is 4.36. The lowest BCUT2D eigenvalue weighted by molar-refractivity contribution is 0.167. The Labute approximate surface area is 114 Å². The van der Waals surface area contributed by atoms with Crippen molar-refractivity contribution in [2.75, 3.05) is 26.7 Å². The van der Waals surface area contributed by atoms with Gasteiger partial charge in [-0.05, 0) is 56.6 Å². The molecule has 2 N–H and O–H groups in total. The average molecular weight is 258 g/mol. The van der Waals surface area contributed by atoms with E-state index in [-0.39, 0.29) is 0 Å². The molecule has 1 aliphatic rings. The van der Waals surface area contributed by atoms with Crippen LogP contribution in [0.4, 0.5) is 0 Å². The van der Waals surface area contributed by atoms with Crippen molar-refractivity contribution in [3.63, 3.8) is 0 Å². The molecule has 4 nitrogen and oxygen atoms in total. The van der Waals surface area contributed by atoms with E-state index < -0.39 is 0 Å². The summed E-state index contributed by atoms with van der Waals surface area (Å²) in [5.41, 5.74) is 2.37. The van der Waals surface area contributed by atoms with E-state index in [1.165, 1.54) is 36.9 Å². The molecule has 1 unspecified atom stereocenters. The number of rotatable bonds is 4. The molecule has 19 heavy (non-hydrogen) atoms. The first-order valence-electron chi connectivity index (χ1n) is 7.15. The quantitative estimate of drug-likeness (QED) is 0.881. The maximum atomic E-state index is 4.36. The summed E-state index contributed by atoms with van der Waals surface area (Å²) in [5.74, 6) is 0.794. The van der Waals surface area contributed by atoms with Gasteiger partial charge in [0, 0.05) is 30.9 Å². The number of aromatic amines is 1. The molecule has 0 radical (unpaired) electrons. The Morgan fingerprint density at radius 2 is 2.47 bits per heavy atom. The third kappa shape index (κ3) is 2.80. The first kappa shape index (κ1) is 12.6. The zero-order valence-electron chi connectivity index (χ0n) is 11.5. The van der Waals surface area contributed by atoms with Crippen LogP contribution in [0.1, 0.15) is 18.4 Å². The molecule has 0 spiro atoms. The van der Waals surface area contributed by atoms with Crippen molar-refractivity contribution in [2.24, 2.45) is 5.92 Å². The van der Waals surface area contributed by atoms with E-state index in [9.17, 15) is 0 Å². The fraction of sp³-hybridized carbons (Fsp3) is 0.533. The van der Waals surface area contributed by atoms with E-state index in [0.717, 1.165) is 24.7 Å². The van der Waals surface area contributed by atoms with Crippen molar-refractivity contribution in [1.82, 2.24) is 20.2 Å². The highest BCUT2D eigenvalue weighted by molar-refractivity contribution is 5.79. The van der Waals surface area contributed by atoms with Crippen molar-refractivity contribution in [2.45, 2.75) is 19.4 Å². The van der Waals surface area contributed by atoms with Crippen LogP contribution in [0.3, 0.4) is 0 Å². The highest BCUT2D eigenvalue weighted by atomic mass is 15.1. The van der Waals surface area contributed by atoms with Crippen molar-refractivity contribution < 1.29 is 0 Å². The number of likely N-dealkylation sites (tertiary alicyclic amines) is 1. The van der Waals surface area contributed by atoms with Crippen molar-refractivity contribution in [3.8, 4) is 0 Å². The van der Waals surface area contributed by atoms with Crippen LogP contribution in [-0.4, -0.2) is 41.5 Å². The molecule has 0 saturated carbocycles. The third-order valence-corrected chi connectivity index (χ3v) is 4.03. The Balaban J connectivity index is 1.70. The number of fused-ring (bicyclic) bond motifs is 1. The van der Waals surface area contributed by atoms with E-state index in [1.807, 2.05) is 19.3 Å². The van der Waals surface area contributed by atoms with Crippen molar-refractivity contribution >= 4 is 11.0 Å². The van der Waals surface area contributed by atoms with Crippen LogP contribution in [0.25, 0.3) is 11.0 Å². The fourth-order valence-electron chi connectivity index (χ4n) is 3.13. The summed E-state index contributed by atoms with van der Waals surface area (Å²) < 4.78 is 0. The van der Waals surface area contributed by atoms with E-state index in [0.29, 0.717) is 0 Å². The van der Waals surface area contributed by atoms with Crippen molar-refractivity contribution in [3.05, 3.63) is 30.1 Å². The summed E-state index contributed by atoms with van der Waals surface area (Å²) in [6, 6.07) is 4.17. The number of pyridine rings is 1. The van der Waals surface area contributed by atoms with Crippen LogP contribution in [0.15, 0.2) is 24.5 Å². The predicted octanol–water partition coefficient (Wildman–Crippen LogP) is 1.99. The van der Waals surface area contributed by atoms with Crippen molar-refractivity contribution in [1.29, 1.82) is 0 Å². The minimum Gasteiger partial charge on any atom is -0.346 e. The number of hydrogen-bond donors (Lipinski definition) is 2. The second-order valence-corrected chi connectivity index (χ2v) is 5.51. The second-order valence-electron chi connectivity index (χ2n) is 5.51. The lowest BCUT2D eigenvalue weighted by Gasteiger charge is -2.32. The molecule has 1 fully saturated rings. The summed E-state index contributed by atoms with van der Waals surface area (Å²) in [7, 11) is 2.05. The van der Waals surface area contributed by atoms with Crippen LogP contribution in [-0.2, 0) is 6.54 Å². The van der Waals surface area contributed by atoms with Gasteiger partial charge in [-0.3, -0.25) is 4.90 Å². The van der Waals surface area contributed by atoms with Crippen LogP contribution in [0.2, 0.25) is 0 Å². The molecule has 1 aliphatic heterocycles. The van der Waals surface area contributed by atoms with Gasteiger partial charge < -0.3 is 10.3 Å². The Bertz CT molecular complexity index is 532. The molecule has 1 saturated heterocycles. The van der Waals surface area contributed by atoms with E-state index in [1.54, 1.807) is 0 Å². The van der Waals surface area contributed by atoms with Gasteiger partial charge in [-0.25, -0.2) is 4.98 Å². The summed E-state index contributed by atoms with van der Waals surface area (Å²) in [5, 5.41) is 4.57. The lowest BCUT2D eigenvalue weighted by Crippen LogP contribution is -2.38. The number of piperidine rings is 1. The number of nitrogens with one attached hydrogen (secondary N) is 2. The van der Waals surface area contributed by atoms with Gasteiger partial charge in [-0.1, -0.05) is 0 Å². The summed E-state index contributed by atoms with van der Waals surface area (Å²) >= 11 is 0. The van der Waals surface area contributed by atoms with E-state index >= 15 is 0 Å². The van der Waals surface area contributed by atoms with Gasteiger partial charge in [0.25, 0.3) is 0 Å². The van der Waals surface area contributed by atoms with Gasteiger partial charge in [0.1, 0.15) is 5.65 Å². The van der Waals surface area contributed by atoms with Gasteiger partial charge in [0.05, 0.1) is 0 Å². The molecular weight excluding hydrogens is 236 g/mol. The Morgan fingerprint density at radius 3 is 3.37 bits per heavy atom. The summed E-state index contributed by atoms with van der Waals surface area (Å²) in [6.45, 7) is 4.58. The number of nitrogens with zero attached hydrogens (tertiary/aromatic N) is 2. The number of hydrogen-bond acceptors (Lipinski definition) is 3. The van der Waals surface area contributed by atoms with Crippen LogP contribution in [0.5, 0.6) is 0 Å². The minimum absolute atomic E-state index is 0.794. The Hall–Kier alpha value is -1.39. The third-order valence-electron chi connectivity index (χ3n) is 4.03. The molecule has 2 aromatic rings. The largest absolute Gasteiger partial charge is 0.346 e. The van der Waals surface area contributed by atoms with Gasteiger partial charge in [0.2, 0.25) is 0 Å². The predicted molar refractivity (Wildman–Crippen MR) is 78.0 cm³/mol. The monoisotopic (exact) mass is 258 g/mol. The molecule has 0 amide bonds. The zero-order valence-corrected chi connectivity index (χ0v) is 11.5. The molecule has 0 bridgehead atoms. The SMILES string of the molecule is CNCC1CCCN(Cc2c[nH]c3ncccc23)C1. The Kier molecular flexibility index (Phi) is 3.80.